The average Bonchev–Trinajstić information content (AvgIpc) is 3.05. The van der Waals surface area contributed by atoms with Crippen molar-refractivity contribution in [3.63, 3.8) is 0 Å². The number of amides is 1. The van der Waals surface area contributed by atoms with Crippen LogP contribution in [-0.4, -0.2) is 24.0 Å². The van der Waals surface area contributed by atoms with Crippen LogP contribution < -0.4 is 10.3 Å². The van der Waals surface area contributed by atoms with E-state index in [0.29, 0.717) is 5.92 Å². The zero-order valence-corrected chi connectivity index (χ0v) is 13.9. The van der Waals surface area contributed by atoms with E-state index in [-0.39, 0.29) is 11.9 Å². The minimum Gasteiger partial charge on any atom is -0.302 e. The summed E-state index contributed by atoms with van der Waals surface area (Å²) in [5.74, 6) is 0.682. The van der Waals surface area contributed by atoms with Crippen LogP contribution in [0.15, 0.2) is 53.9 Å². The molecule has 6 rings (SSSR count). The molecule has 0 radical (unpaired) electrons. The highest BCUT2D eigenvalue weighted by atomic mass is 16.2. The first-order chi connectivity index (χ1) is 11.7. The standard InChI is InChI=1S/C20H21N3O/c1-13(24)23-19(17-8-4-6-14-5-2-3-7-16(14)17)20-18(21-23)15-9-11-22(20)12-10-15/h2-8,15,19,21H,9-12H2,1H3/p+1. The first-order valence-electron chi connectivity index (χ1n) is 8.87. The first kappa shape index (κ1) is 14.1. The van der Waals surface area contributed by atoms with Crippen molar-refractivity contribution in [1.29, 1.82) is 0 Å². The number of benzene rings is 2. The summed E-state index contributed by atoms with van der Waals surface area (Å²) < 4.78 is 0. The lowest BCUT2D eigenvalue weighted by Gasteiger charge is -2.37. The SMILES string of the molecule is CC(=O)N1NC2=C(C1c1cccc3ccccc13)[NH+]1CCC2CC1. The van der Waals surface area contributed by atoms with E-state index in [9.17, 15) is 4.79 Å². The Labute approximate surface area is 141 Å². The highest BCUT2D eigenvalue weighted by Crippen LogP contribution is 2.41. The number of rotatable bonds is 1. The van der Waals surface area contributed by atoms with Crippen LogP contribution in [0.3, 0.4) is 0 Å². The third-order valence-electron chi connectivity index (χ3n) is 5.90. The molecule has 4 aliphatic rings. The number of hydrogen-bond donors (Lipinski definition) is 2. The van der Waals surface area contributed by atoms with Gasteiger partial charge in [0.25, 0.3) is 0 Å². The Morgan fingerprint density at radius 1 is 1.12 bits per heavy atom. The van der Waals surface area contributed by atoms with Gasteiger partial charge in [-0.05, 0) is 16.3 Å². The molecule has 0 saturated carbocycles. The van der Waals surface area contributed by atoms with E-state index in [2.05, 4.69) is 47.9 Å². The predicted molar refractivity (Wildman–Crippen MR) is 92.8 cm³/mol. The Balaban J connectivity index is 1.73. The maximum Gasteiger partial charge on any atom is 0.238 e. The molecule has 4 nitrogen and oxygen atoms in total. The number of hydrogen-bond acceptors (Lipinski definition) is 2. The van der Waals surface area contributed by atoms with Gasteiger partial charge in [0.2, 0.25) is 5.91 Å². The van der Waals surface area contributed by atoms with E-state index in [1.807, 2.05) is 5.01 Å². The molecule has 1 fully saturated rings. The summed E-state index contributed by atoms with van der Waals surface area (Å²) in [6.45, 7) is 4.05. The lowest BCUT2D eigenvalue weighted by molar-refractivity contribution is -0.875. The van der Waals surface area contributed by atoms with E-state index < -0.39 is 0 Å². The monoisotopic (exact) mass is 320 g/mol. The Morgan fingerprint density at radius 2 is 1.88 bits per heavy atom. The smallest absolute Gasteiger partial charge is 0.238 e. The van der Waals surface area contributed by atoms with Crippen LogP contribution in [0.4, 0.5) is 0 Å². The first-order valence-corrected chi connectivity index (χ1v) is 8.87. The zero-order chi connectivity index (χ0) is 16.3. The van der Waals surface area contributed by atoms with Gasteiger partial charge >= 0.3 is 0 Å². The summed E-state index contributed by atoms with van der Waals surface area (Å²) in [4.78, 5) is 13.9. The van der Waals surface area contributed by atoms with Crippen LogP contribution >= 0.6 is 0 Å². The number of allylic oxidation sites excluding steroid dienone is 1. The Morgan fingerprint density at radius 3 is 2.67 bits per heavy atom. The number of carbonyl (C=O) groups is 1. The Kier molecular flexibility index (Phi) is 2.98. The zero-order valence-electron chi connectivity index (χ0n) is 13.9. The maximum absolute atomic E-state index is 12.4. The van der Waals surface area contributed by atoms with Gasteiger partial charge in [-0.2, -0.15) is 0 Å². The normalized spacial score (nSPS) is 28.2. The van der Waals surface area contributed by atoms with Gasteiger partial charge in [-0.3, -0.25) is 10.2 Å². The molecule has 0 spiro atoms. The minimum atomic E-state index is 0.0155. The maximum atomic E-state index is 12.4. The van der Waals surface area contributed by atoms with Crippen molar-refractivity contribution in [2.45, 2.75) is 25.8 Å². The summed E-state index contributed by atoms with van der Waals surface area (Å²) in [7, 11) is 0. The molecule has 2 N–H and O–H groups in total. The molecule has 1 saturated heterocycles. The number of fused-ring (bicyclic) bond motifs is 3. The lowest BCUT2D eigenvalue weighted by atomic mass is 9.84. The largest absolute Gasteiger partial charge is 0.302 e. The van der Waals surface area contributed by atoms with E-state index in [1.54, 1.807) is 11.8 Å². The van der Waals surface area contributed by atoms with Crippen LogP contribution in [-0.2, 0) is 4.79 Å². The van der Waals surface area contributed by atoms with Gasteiger partial charge < -0.3 is 4.90 Å². The van der Waals surface area contributed by atoms with Crippen molar-refractivity contribution in [2.24, 2.45) is 5.92 Å². The average molecular weight is 320 g/mol. The molecule has 0 aliphatic carbocycles. The van der Waals surface area contributed by atoms with E-state index in [0.717, 1.165) is 0 Å². The second-order valence-electron chi connectivity index (χ2n) is 7.18. The Bertz CT molecular complexity index is 859. The summed E-state index contributed by atoms with van der Waals surface area (Å²) in [5, 5.41) is 4.34. The molecule has 0 aromatic heterocycles. The Hall–Kier alpha value is -2.33. The van der Waals surface area contributed by atoms with Gasteiger partial charge in [-0.25, -0.2) is 5.01 Å². The molecule has 1 amide bonds. The van der Waals surface area contributed by atoms with Crippen LogP contribution in [0.2, 0.25) is 0 Å². The molecule has 1 atom stereocenters. The van der Waals surface area contributed by atoms with Gasteiger partial charge in [0.05, 0.1) is 18.8 Å². The van der Waals surface area contributed by atoms with Crippen molar-refractivity contribution in [3.8, 4) is 0 Å². The molecule has 24 heavy (non-hydrogen) atoms. The minimum absolute atomic E-state index is 0.0155. The van der Waals surface area contributed by atoms with Crippen LogP contribution in [0.25, 0.3) is 10.8 Å². The van der Waals surface area contributed by atoms with Gasteiger partial charge in [-0.1, -0.05) is 42.5 Å². The molecule has 2 aromatic carbocycles. The highest BCUT2D eigenvalue weighted by Gasteiger charge is 2.49. The van der Waals surface area contributed by atoms with Crippen molar-refractivity contribution in [3.05, 3.63) is 59.4 Å². The predicted octanol–water partition coefficient (Wildman–Crippen LogP) is 1.77. The fourth-order valence-electron chi connectivity index (χ4n) is 4.79. The summed E-state index contributed by atoms with van der Waals surface area (Å²) in [5.41, 5.74) is 7.44. The highest BCUT2D eigenvalue weighted by molar-refractivity contribution is 5.87. The molecule has 2 aromatic rings. The van der Waals surface area contributed by atoms with Crippen molar-refractivity contribution >= 4 is 16.7 Å². The summed E-state index contributed by atoms with van der Waals surface area (Å²) >= 11 is 0. The van der Waals surface area contributed by atoms with Gasteiger partial charge in [-0.15, -0.1) is 0 Å². The molecule has 2 bridgehead atoms. The number of nitrogens with zero attached hydrogens (tertiary/aromatic N) is 1. The van der Waals surface area contributed by atoms with Crippen molar-refractivity contribution < 1.29 is 9.69 Å². The number of piperidine rings is 1. The lowest BCUT2D eigenvalue weighted by Crippen LogP contribution is -3.13. The molecule has 4 heteroatoms. The fourth-order valence-corrected chi connectivity index (χ4v) is 4.79. The number of hydrazine groups is 1. The van der Waals surface area contributed by atoms with Crippen LogP contribution in [0.1, 0.15) is 31.4 Å². The van der Waals surface area contributed by atoms with Crippen molar-refractivity contribution in [2.75, 3.05) is 13.1 Å². The third kappa shape index (κ3) is 1.86. The summed E-state index contributed by atoms with van der Waals surface area (Å²) in [6, 6.07) is 14.9. The fraction of sp³-hybridized carbons (Fsp3) is 0.350. The van der Waals surface area contributed by atoms with Crippen LogP contribution in [0, 0.1) is 5.92 Å². The molecule has 1 unspecified atom stereocenters. The molecule has 122 valence electrons. The van der Waals surface area contributed by atoms with E-state index in [4.69, 9.17) is 0 Å². The molecular formula is C20H22N3O+. The third-order valence-corrected chi connectivity index (χ3v) is 5.90. The van der Waals surface area contributed by atoms with Gasteiger partial charge in [0.15, 0.2) is 11.7 Å². The number of carbonyl (C=O) groups excluding carboxylic acids is 1. The van der Waals surface area contributed by atoms with E-state index >= 15 is 0 Å². The second-order valence-corrected chi connectivity index (χ2v) is 7.18. The van der Waals surface area contributed by atoms with E-state index in [1.165, 1.54) is 53.7 Å². The molecule has 4 heterocycles. The summed E-state index contributed by atoms with van der Waals surface area (Å²) in [6.07, 6.45) is 2.46. The number of quaternary nitrogens is 1. The van der Waals surface area contributed by atoms with Gasteiger partial charge in [0, 0.05) is 25.7 Å². The van der Waals surface area contributed by atoms with Crippen molar-refractivity contribution in [1.82, 2.24) is 10.4 Å². The number of nitrogens with one attached hydrogen (secondary N) is 2. The van der Waals surface area contributed by atoms with Gasteiger partial charge in [0.1, 0.15) is 0 Å². The molecular weight excluding hydrogens is 298 g/mol. The molecule has 4 aliphatic heterocycles. The quantitative estimate of drug-likeness (QED) is 0.840. The second kappa shape index (κ2) is 5.08. The topological polar surface area (TPSA) is 36.8 Å². The van der Waals surface area contributed by atoms with Crippen LogP contribution in [0.5, 0.6) is 0 Å².